The van der Waals surface area contributed by atoms with Gasteiger partial charge in [0, 0.05) is 30.5 Å². The Hall–Kier alpha value is -1.43. The number of benzene rings is 1. The van der Waals surface area contributed by atoms with Crippen molar-refractivity contribution in [3.05, 3.63) is 51.5 Å². The van der Waals surface area contributed by atoms with Gasteiger partial charge in [0.15, 0.2) is 0 Å². The summed E-state index contributed by atoms with van der Waals surface area (Å²) < 4.78 is 0. The molecule has 1 heterocycles. The summed E-state index contributed by atoms with van der Waals surface area (Å²) in [6.07, 6.45) is 1.73. The monoisotopic (exact) mass is 325 g/mol. The smallest absolute Gasteiger partial charge is 0.251 e. The fourth-order valence-corrected chi connectivity index (χ4v) is 2.60. The number of nitrogens with two attached hydrogens (primary N) is 1. The zero-order valence-corrected chi connectivity index (χ0v) is 13.6. The van der Waals surface area contributed by atoms with Crippen LogP contribution in [0.25, 0.3) is 0 Å². The quantitative estimate of drug-likeness (QED) is 0.857. The highest BCUT2D eigenvalue weighted by molar-refractivity contribution is 7.09. The predicted octanol–water partition coefficient (Wildman–Crippen LogP) is 2.56. The third-order valence-electron chi connectivity index (χ3n) is 3.02. The summed E-state index contributed by atoms with van der Waals surface area (Å²) in [6, 6.07) is 7.36. The number of nitrogens with one attached hydrogen (secondary N) is 1. The van der Waals surface area contributed by atoms with Crippen LogP contribution in [0, 0.1) is 0 Å². The topological polar surface area (TPSA) is 68.0 Å². The molecule has 2 rings (SSSR count). The van der Waals surface area contributed by atoms with Gasteiger partial charge in [0.25, 0.3) is 5.91 Å². The zero-order valence-electron chi connectivity index (χ0n) is 12.0. The van der Waals surface area contributed by atoms with Gasteiger partial charge in [-0.05, 0) is 24.1 Å². The van der Waals surface area contributed by atoms with Gasteiger partial charge in [-0.1, -0.05) is 19.1 Å². The Kier molecular flexibility index (Phi) is 7.36. The SMILES string of the molecule is CCc1nc(CCNC(=O)c2ccc(CN)cc2)cs1.Cl. The van der Waals surface area contributed by atoms with Gasteiger partial charge < -0.3 is 11.1 Å². The van der Waals surface area contributed by atoms with Crippen LogP contribution in [0.4, 0.5) is 0 Å². The van der Waals surface area contributed by atoms with Gasteiger partial charge in [0.1, 0.15) is 0 Å². The van der Waals surface area contributed by atoms with E-state index in [9.17, 15) is 4.79 Å². The molecule has 0 aliphatic rings. The maximum atomic E-state index is 11.9. The van der Waals surface area contributed by atoms with Crippen LogP contribution >= 0.6 is 23.7 Å². The third kappa shape index (κ3) is 5.12. The molecule has 1 aromatic heterocycles. The van der Waals surface area contributed by atoms with Gasteiger partial charge in [0.05, 0.1) is 10.7 Å². The van der Waals surface area contributed by atoms with Crippen molar-refractivity contribution < 1.29 is 4.79 Å². The van der Waals surface area contributed by atoms with Crippen molar-refractivity contribution in [2.75, 3.05) is 6.54 Å². The van der Waals surface area contributed by atoms with Gasteiger partial charge in [-0.25, -0.2) is 4.98 Å². The second kappa shape index (κ2) is 8.77. The number of halogens is 1. The van der Waals surface area contributed by atoms with Gasteiger partial charge in [-0.2, -0.15) is 0 Å². The Morgan fingerprint density at radius 2 is 2.05 bits per heavy atom. The highest BCUT2D eigenvalue weighted by Crippen LogP contribution is 2.10. The lowest BCUT2D eigenvalue weighted by molar-refractivity contribution is 0.0954. The minimum Gasteiger partial charge on any atom is -0.352 e. The Bertz CT molecular complexity index is 569. The molecule has 0 spiro atoms. The highest BCUT2D eigenvalue weighted by Gasteiger charge is 2.05. The van der Waals surface area contributed by atoms with Crippen molar-refractivity contribution in [2.45, 2.75) is 26.3 Å². The van der Waals surface area contributed by atoms with E-state index in [1.165, 1.54) is 0 Å². The molecule has 21 heavy (non-hydrogen) atoms. The molecule has 4 nitrogen and oxygen atoms in total. The molecule has 1 amide bonds. The minimum absolute atomic E-state index is 0. The Morgan fingerprint density at radius 1 is 1.33 bits per heavy atom. The Balaban J connectivity index is 0.00000220. The van der Waals surface area contributed by atoms with Gasteiger partial charge >= 0.3 is 0 Å². The first-order valence-corrected chi connectivity index (χ1v) is 7.61. The summed E-state index contributed by atoms with van der Waals surface area (Å²) >= 11 is 1.67. The number of aryl methyl sites for hydroxylation is 1. The molecule has 0 atom stereocenters. The molecule has 0 radical (unpaired) electrons. The lowest BCUT2D eigenvalue weighted by Gasteiger charge is -2.05. The molecule has 0 bridgehead atoms. The van der Waals surface area contributed by atoms with Crippen LogP contribution in [0.15, 0.2) is 29.6 Å². The molecule has 0 saturated carbocycles. The molecule has 6 heteroatoms. The molecule has 3 N–H and O–H groups in total. The van der Waals surface area contributed by atoms with E-state index < -0.39 is 0 Å². The summed E-state index contributed by atoms with van der Waals surface area (Å²) in [7, 11) is 0. The summed E-state index contributed by atoms with van der Waals surface area (Å²) in [5.41, 5.74) is 8.26. The number of carbonyl (C=O) groups is 1. The molecule has 0 aliphatic carbocycles. The van der Waals surface area contributed by atoms with E-state index in [1.807, 2.05) is 12.1 Å². The van der Waals surface area contributed by atoms with Crippen molar-refractivity contribution in [2.24, 2.45) is 5.73 Å². The highest BCUT2D eigenvalue weighted by atomic mass is 35.5. The number of thiazole rings is 1. The maximum Gasteiger partial charge on any atom is 0.251 e. The van der Waals surface area contributed by atoms with E-state index in [0.717, 1.165) is 29.1 Å². The number of rotatable bonds is 6. The second-order valence-corrected chi connectivity index (χ2v) is 5.44. The summed E-state index contributed by atoms with van der Waals surface area (Å²) in [4.78, 5) is 16.4. The fourth-order valence-electron chi connectivity index (χ4n) is 1.82. The van der Waals surface area contributed by atoms with Crippen molar-refractivity contribution in [1.82, 2.24) is 10.3 Å². The van der Waals surface area contributed by atoms with E-state index in [-0.39, 0.29) is 18.3 Å². The standard InChI is InChI=1S/C15H19N3OS.ClH/c1-2-14-18-13(10-20-14)7-8-17-15(19)12-5-3-11(9-16)4-6-12;/h3-6,10H,2,7-9,16H2,1H3,(H,17,19);1H. The lowest BCUT2D eigenvalue weighted by Crippen LogP contribution is -2.25. The van der Waals surface area contributed by atoms with Crippen LogP contribution < -0.4 is 11.1 Å². The number of amides is 1. The van der Waals surface area contributed by atoms with E-state index >= 15 is 0 Å². The van der Waals surface area contributed by atoms with Crippen LogP contribution in [-0.4, -0.2) is 17.4 Å². The molecule has 2 aromatic rings. The molecular formula is C15H20ClN3OS. The summed E-state index contributed by atoms with van der Waals surface area (Å²) in [5, 5.41) is 6.11. The molecule has 114 valence electrons. The van der Waals surface area contributed by atoms with E-state index in [2.05, 4.69) is 22.6 Å². The first-order chi connectivity index (χ1) is 9.72. The van der Waals surface area contributed by atoms with Gasteiger partial charge in [-0.15, -0.1) is 23.7 Å². The first kappa shape index (κ1) is 17.6. The average Bonchev–Trinajstić information content (AvgIpc) is 2.95. The fraction of sp³-hybridized carbons (Fsp3) is 0.333. The van der Waals surface area contributed by atoms with Crippen molar-refractivity contribution in [3.63, 3.8) is 0 Å². The van der Waals surface area contributed by atoms with Gasteiger partial charge in [-0.3, -0.25) is 4.79 Å². The zero-order chi connectivity index (χ0) is 14.4. The second-order valence-electron chi connectivity index (χ2n) is 4.49. The number of hydrogen-bond donors (Lipinski definition) is 2. The lowest BCUT2D eigenvalue weighted by atomic mass is 10.1. The van der Waals surface area contributed by atoms with Crippen LogP contribution in [0.3, 0.4) is 0 Å². The molecule has 0 unspecified atom stereocenters. The third-order valence-corrected chi connectivity index (χ3v) is 4.06. The van der Waals surface area contributed by atoms with E-state index in [1.54, 1.807) is 23.5 Å². The number of hydrogen-bond acceptors (Lipinski definition) is 4. The maximum absolute atomic E-state index is 11.9. The van der Waals surface area contributed by atoms with E-state index in [4.69, 9.17) is 5.73 Å². The van der Waals surface area contributed by atoms with Crippen molar-refractivity contribution in [3.8, 4) is 0 Å². The Morgan fingerprint density at radius 3 is 2.62 bits per heavy atom. The number of nitrogens with zero attached hydrogens (tertiary/aromatic N) is 1. The molecule has 0 aliphatic heterocycles. The predicted molar refractivity (Wildman–Crippen MR) is 89.1 cm³/mol. The van der Waals surface area contributed by atoms with Crippen LogP contribution in [-0.2, 0) is 19.4 Å². The minimum atomic E-state index is -0.0560. The van der Waals surface area contributed by atoms with Crippen molar-refractivity contribution in [1.29, 1.82) is 0 Å². The largest absolute Gasteiger partial charge is 0.352 e. The number of carbonyl (C=O) groups excluding carboxylic acids is 1. The molecule has 1 aromatic carbocycles. The average molecular weight is 326 g/mol. The molecular weight excluding hydrogens is 306 g/mol. The summed E-state index contributed by atoms with van der Waals surface area (Å²) in [6.45, 7) is 3.19. The number of aromatic nitrogens is 1. The van der Waals surface area contributed by atoms with Crippen molar-refractivity contribution >= 4 is 29.7 Å². The van der Waals surface area contributed by atoms with Gasteiger partial charge in [0.2, 0.25) is 0 Å². The van der Waals surface area contributed by atoms with Crippen LogP contribution in [0.5, 0.6) is 0 Å². The molecule has 0 saturated heterocycles. The van der Waals surface area contributed by atoms with Crippen LogP contribution in [0.2, 0.25) is 0 Å². The normalized spacial score (nSPS) is 10.0. The Labute approximate surface area is 135 Å². The van der Waals surface area contributed by atoms with E-state index in [0.29, 0.717) is 18.7 Å². The molecule has 0 fully saturated rings. The summed E-state index contributed by atoms with van der Waals surface area (Å²) in [5.74, 6) is -0.0560. The van der Waals surface area contributed by atoms with Crippen LogP contribution in [0.1, 0.15) is 33.5 Å². The first-order valence-electron chi connectivity index (χ1n) is 6.73.